The van der Waals surface area contributed by atoms with Crippen LogP contribution in [0.1, 0.15) is 32.3 Å². The quantitative estimate of drug-likeness (QED) is 0.733. The van der Waals surface area contributed by atoms with Gasteiger partial charge in [0.1, 0.15) is 0 Å². The van der Waals surface area contributed by atoms with E-state index in [4.69, 9.17) is 0 Å². The minimum Gasteiger partial charge on any atom is -0.367 e. The highest BCUT2D eigenvalue weighted by atomic mass is 32.2. The van der Waals surface area contributed by atoms with Gasteiger partial charge in [0.15, 0.2) is 9.84 Å². The first-order chi connectivity index (χ1) is 14.8. The molecule has 0 saturated carbocycles. The summed E-state index contributed by atoms with van der Waals surface area (Å²) in [7, 11) is -3.33. The molecule has 0 bridgehead atoms. The first-order valence-corrected chi connectivity index (χ1v) is 12.3. The zero-order valence-corrected chi connectivity index (χ0v) is 18.9. The first-order valence-electron chi connectivity index (χ1n) is 10.8. The molecule has 2 N–H and O–H groups in total. The van der Waals surface area contributed by atoms with Gasteiger partial charge in [-0.25, -0.2) is 13.2 Å². The van der Waals surface area contributed by atoms with Crippen LogP contribution in [-0.2, 0) is 16.4 Å². The summed E-state index contributed by atoms with van der Waals surface area (Å²) >= 11 is 0. The SMILES string of the molecule is CC(C)N1CCC(S(=O)(=O)c2ccc(CNC(=O)N3C=C4C=CNC=C4C3)cc2)CC1. The third kappa shape index (κ3) is 4.70. The van der Waals surface area contributed by atoms with E-state index in [9.17, 15) is 13.2 Å². The van der Waals surface area contributed by atoms with E-state index in [1.165, 1.54) is 0 Å². The predicted octanol–water partition coefficient (Wildman–Crippen LogP) is 2.74. The second kappa shape index (κ2) is 8.88. The van der Waals surface area contributed by atoms with Crippen LogP contribution in [0.25, 0.3) is 0 Å². The summed E-state index contributed by atoms with van der Waals surface area (Å²) in [6, 6.07) is 7.17. The molecule has 1 saturated heterocycles. The molecule has 8 heteroatoms. The van der Waals surface area contributed by atoms with E-state index in [-0.39, 0.29) is 11.3 Å². The highest BCUT2D eigenvalue weighted by Gasteiger charge is 2.32. The van der Waals surface area contributed by atoms with Crippen molar-refractivity contribution in [3.05, 3.63) is 65.7 Å². The van der Waals surface area contributed by atoms with Gasteiger partial charge in [0.05, 0.1) is 16.7 Å². The number of dihydropyridines is 1. The largest absolute Gasteiger partial charge is 0.367 e. The Bertz CT molecular complexity index is 1020. The van der Waals surface area contributed by atoms with E-state index in [2.05, 4.69) is 29.4 Å². The standard InChI is InChI=1S/C23H30N4O3S/c1-17(2)26-11-8-22(9-12-26)31(29,30)21-5-3-18(4-6-21)13-25-23(28)27-15-19-7-10-24-14-20(19)16-27/h3-7,10,14-15,17,22,24H,8-9,11-13,16H2,1-2H3,(H,25,28). The van der Waals surface area contributed by atoms with Crippen molar-refractivity contribution in [2.45, 2.75) is 49.4 Å². The summed E-state index contributed by atoms with van der Waals surface area (Å²) in [5.74, 6) is 0. The van der Waals surface area contributed by atoms with Gasteiger partial charge < -0.3 is 15.5 Å². The third-order valence-corrected chi connectivity index (χ3v) is 8.50. The number of nitrogens with one attached hydrogen (secondary N) is 2. The van der Waals surface area contributed by atoms with Crippen molar-refractivity contribution in [3.63, 3.8) is 0 Å². The lowest BCUT2D eigenvalue weighted by atomic mass is 10.1. The molecule has 0 aliphatic carbocycles. The van der Waals surface area contributed by atoms with Crippen LogP contribution in [-0.4, -0.2) is 55.2 Å². The molecule has 0 spiro atoms. The Kier molecular flexibility index (Phi) is 6.20. The lowest BCUT2D eigenvalue weighted by molar-refractivity contribution is 0.186. The number of allylic oxidation sites excluding steroid dienone is 1. The maximum Gasteiger partial charge on any atom is 0.322 e. The van der Waals surface area contributed by atoms with Crippen LogP contribution in [0.5, 0.6) is 0 Å². The summed E-state index contributed by atoms with van der Waals surface area (Å²) < 4.78 is 26.0. The van der Waals surface area contributed by atoms with Crippen LogP contribution < -0.4 is 10.6 Å². The van der Waals surface area contributed by atoms with Gasteiger partial charge in [-0.05, 0) is 74.7 Å². The van der Waals surface area contributed by atoms with Crippen LogP contribution in [0.4, 0.5) is 4.79 Å². The van der Waals surface area contributed by atoms with E-state index in [1.807, 2.05) is 24.7 Å². The van der Waals surface area contributed by atoms with Gasteiger partial charge in [-0.15, -0.1) is 0 Å². The number of carbonyl (C=O) groups is 1. The smallest absolute Gasteiger partial charge is 0.322 e. The molecule has 0 unspecified atom stereocenters. The Hall–Kier alpha value is -2.58. The molecule has 0 radical (unpaired) electrons. The maximum absolute atomic E-state index is 13.0. The number of likely N-dealkylation sites (tertiary alicyclic amines) is 1. The van der Waals surface area contributed by atoms with Gasteiger partial charge in [-0.1, -0.05) is 12.1 Å². The number of carbonyl (C=O) groups excluding carboxylic acids is 1. The van der Waals surface area contributed by atoms with E-state index < -0.39 is 9.84 Å². The zero-order valence-electron chi connectivity index (χ0n) is 18.0. The lowest BCUT2D eigenvalue weighted by Gasteiger charge is -2.34. The summed E-state index contributed by atoms with van der Waals surface area (Å²) in [5.41, 5.74) is 2.97. The first kappa shape index (κ1) is 21.6. The molecule has 166 valence electrons. The molecule has 31 heavy (non-hydrogen) atoms. The van der Waals surface area contributed by atoms with E-state index >= 15 is 0 Å². The Labute approximate surface area is 184 Å². The number of amides is 2. The molecule has 1 aromatic rings. The van der Waals surface area contributed by atoms with Crippen LogP contribution in [0.2, 0.25) is 0 Å². The van der Waals surface area contributed by atoms with Crippen molar-refractivity contribution in [2.24, 2.45) is 0 Å². The van der Waals surface area contributed by atoms with Crippen LogP contribution >= 0.6 is 0 Å². The summed E-state index contributed by atoms with van der Waals surface area (Å²) in [6.45, 7) is 6.81. The Morgan fingerprint density at radius 1 is 1.19 bits per heavy atom. The molecule has 2 amide bonds. The van der Waals surface area contributed by atoms with Crippen molar-refractivity contribution < 1.29 is 13.2 Å². The lowest BCUT2D eigenvalue weighted by Crippen LogP contribution is -2.42. The molecular formula is C23H30N4O3S. The molecule has 0 atom stereocenters. The second-order valence-electron chi connectivity index (χ2n) is 8.56. The number of hydrogen-bond donors (Lipinski definition) is 2. The number of urea groups is 1. The highest BCUT2D eigenvalue weighted by molar-refractivity contribution is 7.92. The van der Waals surface area contributed by atoms with Gasteiger partial charge in [0.25, 0.3) is 0 Å². The van der Waals surface area contributed by atoms with Gasteiger partial charge in [0.2, 0.25) is 0 Å². The number of nitrogens with zero attached hydrogens (tertiary/aromatic N) is 2. The summed E-state index contributed by atoms with van der Waals surface area (Å²) in [6.07, 6.45) is 8.84. The number of fused-ring (bicyclic) bond motifs is 1. The molecule has 7 nitrogen and oxygen atoms in total. The Morgan fingerprint density at radius 2 is 1.90 bits per heavy atom. The van der Waals surface area contributed by atoms with Gasteiger partial charge >= 0.3 is 6.03 Å². The summed E-state index contributed by atoms with van der Waals surface area (Å²) in [5, 5.41) is 5.61. The topological polar surface area (TPSA) is 81.8 Å². The van der Waals surface area contributed by atoms with Crippen molar-refractivity contribution in [3.8, 4) is 0 Å². The van der Waals surface area contributed by atoms with E-state index in [1.54, 1.807) is 29.2 Å². The van der Waals surface area contributed by atoms with Crippen LogP contribution in [0, 0.1) is 0 Å². The van der Waals surface area contributed by atoms with Gasteiger partial charge in [-0.3, -0.25) is 4.90 Å². The van der Waals surface area contributed by atoms with E-state index in [0.717, 1.165) is 29.8 Å². The van der Waals surface area contributed by atoms with Gasteiger partial charge in [0, 0.05) is 31.2 Å². The Balaban J connectivity index is 1.33. The highest BCUT2D eigenvalue weighted by Crippen LogP contribution is 2.26. The molecule has 1 fully saturated rings. The average Bonchev–Trinajstić information content (AvgIpc) is 3.22. The van der Waals surface area contributed by atoms with Crippen molar-refractivity contribution in [1.29, 1.82) is 0 Å². The minimum absolute atomic E-state index is 0.176. The number of piperidine rings is 1. The molecular weight excluding hydrogens is 412 g/mol. The average molecular weight is 443 g/mol. The van der Waals surface area contributed by atoms with E-state index in [0.29, 0.717) is 36.9 Å². The monoisotopic (exact) mass is 442 g/mol. The molecule has 1 aromatic carbocycles. The Morgan fingerprint density at radius 3 is 2.55 bits per heavy atom. The summed E-state index contributed by atoms with van der Waals surface area (Å²) in [4.78, 5) is 16.8. The molecule has 3 aliphatic heterocycles. The van der Waals surface area contributed by atoms with Crippen molar-refractivity contribution >= 4 is 15.9 Å². The molecule has 3 heterocycles. The third-order valence-electron chi connectivity index (χ3n) is 6.23. The number of hydrogen-bond acceptors (Lipinski definition) is 5. The van der Waals surface area contributed by atoms with Crippen molar-refractivity contribution in [1.82, 2.24) is 20.4 Å². The normalized spacial score (nSPS) is 19.6. The minimum atomic E-state index is -3.33. The fourth-order valence-electron chi connectivity index (χ4n) is 4.24. The second-order valence-corrected chi connectivity index (χ2v) is 10.8. The number of benzene rings is 1. The van der Waals surface area contributed by atoms with Gasteiger partial charge in [-0.2, -0.15) is 0 Å². The fourth-order valence-corrected chi connectivity index (χ4v) is 5.97. The number of rotatable bonds is 5. The van der Waals surface area contributed by atoms with Crippen LogP contribution in [0.15, 0.2) is 65.0 Å². The molecule has 4 rings (SSSR count). The van der Waals surface area contributed by atoms with Crippen molar-refractivity contribution in [2.75, 3.05) is 19.6 Å². The maximum atomic E-state index is 13.0. The fraction of sp³-hybridized carbons (Fsp3) is 0.435. The predicted molar refractivity (Wildman–Crippen MR) is 121 cm³/mol. The molecule has 3 aliphatic rings. The zero-order chi connectivity index (χ0) is 22.0. The number of sulfone groups is 1. The van der Waals surface area contributed by atoms with Crippen LogP contribution in [0.3, 0.4) is 0 Å². The molecule has 0 aromatic heterocycles.